The number of Topliss-reactive ketones (excluding diaryl/α,β-unsaturated/α-hetero) is 1. The van der Waals surface area contributed by atoms with Gasteiger partial charge in [-0.1, -0.05) is 20.8 Å². The first-order valence-corrected chi connectivity index (χ1v) is 5.53. The van der Waals surface area contributed by atoms with Crippen molar-refractivity contribution in [3.05, 3.63) is 0 Å². The molecule has 0 saturated carbocycles. The Hall–Kier alpha value is -1.37. The highest BCUT2D eigenvalue weighted by Crippen LogP contribution is 2.35. The van der Waals surface area contributed by atoms with Gasteiger partial charge in [-0.2, -0.15) is 5.26 Å². The summed E-state index contributed by atoms with van der Waals surface area (Å²) in [5.41, 5.74) is -0.537. The summed E-state index contributed by atoms with van der Waals surface area (Å²) in [7, 11) is 0. The molecule has 0 radical (unpaired) electrons. The van der Waals surface area contributed by atoms with Crippen LogP contribution in [0.25, 0.3) is 0 Å². The zero-order valence-electron chi connectivity index (χ0n) is 10.3. The van der Waals surface area contributed by atoms with Crippen LogP contribution in [0, 0.1) is 22.7 Å². The van der Waals surface area contributed by atoms with Gasteiger partial charge in [-0.15, -0.1) is 0 Å². The summed E-state index contributed by atoms with van der Waals surface area (Å²) in [6, 6.07) is 1.04. The summed E-state index contributed by atoms with van der Waals surface area (Å²) < 4.78 is 0. The van der Waals surface area contributed by atoms with Crippen LogP contribution in [0.15, 0.2) is 0 Å². The van der Waals surface area contributed by atoms with Gasteiger partial charge in [0, 0.05) is 18.9 Å². The number of likely N-dealkylation sites (tertiary alicyclic amines) is 1. The molecule has 0 aromatic rings. The Morgan fingerprint density at radius 3 is 2.56 bits per heavy atom. The average molecular weight is 222 g/mol. The first-order valence-electron chi connectivity index (χ1n) is 5.53. The largest absolute Gasteiger partial charge is 0.320 e. The average Bonchev–Trinajstić information content (AvgIpc) is 2.28. The number of hydrogen-bond acceptors (Lipinski definition) is 3. The van der Waals surface area contributed by atoms with E-state index < -0.39 is 11.5 Å². The van der Waals surface area contributed by atoms with Crippen LogP contribution < -0.4 is 0 Å². The molecular formula is C12H18N2O2. The monoisotopic (exact) mass is 222 g/mol. The Kier molecular flexibility index (Phi) is 3.37. The van der Waals surface area contributed by atoms with Crippen molar-refractivity contribution < 1.29 is 9.59 Å². The van der Waals surface area contributed by atoms with E-state index in [1.807, 2.05) is 26.8 Å². The van der Waals surface area contributed by atoms with E-state index in [9.17, 15) is 9.59 Å². The number of rotatable bonds is 0. The van der Waals surface area contributed by atoms with Crippen LogP contribution in [-0.2, 0) is 9.59 Å². The predicted octanol–water partition coefficient (Wildman–Crippen LogP) is 1.36. The lowest BCUT2D eigenvalue weighted by atomic mass is 9.74. The minimum Gasteiger partial charge on any atom is -0.320 e. The molecule has 0 aliphatic carbocycles. The van der Waals surface area contributed by atoms with Crippen molar-refractivity contribution in [2.75, 3.05) is 6.54 Å². The van der Waals surface area contributed by atoms with Crippen LogP contribution in [0.2, 0.25) is 0 Å². The lowest BCUT2D eigenvalue weighted by Crippen LogP contribution is -2.46. The van der Waals surface area contributed by atoms with E-state index in [-0.39, 0.29) is 17.6 Å². The van der Waals surface area contributed by atoms with Gasteiger partial charge in [0.15, 0.2) is 11.8 Å². The summed E-state index contributed by atoms with van der Waals surface area (Å²) in [5, 5.41) is 9.06. The van der Waals surface area contributed by atoms with E-state index in [0.29, 0.717) is 6.54 Å². The van der Waals surface area contributed by atoms with Crippen LogP contribution in [0.3, 0.4) is 0 Å². The van der Waals surface area contributed by atoms with Crippen LogP contribution in [0.5, 0.6) is 0 Å². The summed E-state index contributed by atoms with van der Waals surface area (Å²) >= 11 is 0. The lowest BCUT2D eigenvalue weighted by Gasteiger charge is -2.29. The number of ketones is 1. The maximum Gasteiger partial charge on any atom is 0.220 e. The Morgan fingerprint density at radius 2 is 2.12 bits per heavy atom. The molecule has 1 aliphatic heterocycles. The molecular weight excluding hydrogens is 204 g/mol. The Labute approximate surface area is 96.2 Å². The summed E-state index contributed by atoms with van der Waals surface area (Å²) in [6.45, 7) is 7.60. The smallest absolute Gasteiger partial charge is 0.220 e. The third kappa shape index (κ3) is 1.95. The van der Waals surface area contributed by atoms with Gasteiger partial charge in [0.1, 0.15) is 0 Å². The fourth-order valence-corrected chi connectivity index (χ4v) is 2.03. The Balaban J connectivity index is 3.13. The normalized spacial score (nSPS) is 29.4. The van der Waals surface area contributed by atoms with Crippen molar-refractivity contribution >= 4 is 11.7 Å². The number of carbonyl (C=O) groups is 2. The van der Waals surface area contributed by atoms with Gasteiger partial charge in [-0.25, -0.2) is 0 Å². The van der Waals surface area contributed by atoms with Crippen molar-refractivity contribution in [1.29, 1.82) is 5.26 Å². The van der Waals surface area contributed by atoms with Gasteiger partial charge in [-0.05, 0) is 12.3 Å². The van der Waals surface area contributed by atoms with Crippen LogP contribution in [-0.4, -0.2) is 29.2 Å². The zero-order chi connectivity index (χ0) is 12.5. The number of hydrogen-bond donors (Lipinski definition) is 0. The number of nitrogens with zero attached hydrogens (tertiary/aromatic N) is 2. The molecule has 1 fully saturated rings. The van der Waals surface area contributed by atoms with Gasteiger partial charge >= 0.3 is 0 Å². The molecule has 1 amide bonds. The molecule has 88 valence electrons. The van der Waals surface area contributed by atoms with Gasteiger partial charge in [0.2, 0.25) is 5.91 Å². The second kappa shape index (κ2) is 4.25. The van der Waals surface area contributed by atoms with Crippen molar-refractivity contribution in [3.8, 4) is 6.07 Å². The molecule has 1 rings (SSSR count). The summed E-state index contributed by atoms with van der Waals surface area (Å²) in [5.74, 6) is -0.166. The van der Waals surface area contributed by atoms with E-state index in [4.69, 9.17) is 5.26 Å². The molecule has 4 nitrogen and oxygen atoms in total. The highest BCUT2D eigenvalue weighted by Gasteiger charge is 2.44. The minimum atomic E-state index is -0.919. The molecule has 0 aromatic carbocycles. The number of carbonyl (C=O) groups excluding carboxylic acids is 2. The predicted molar refractivity (Wildman–Crippen MR) is 59.4 cm³/mol. The molecule has 1 unspecified atom stereocenters. The van der Waals surface area contributed by atoms with E-state index in [1.54, 1.807) is 0 Å². The van der Waals surface area contributed by atoms with Gasteiger partial charge in [0.25, 0.3) is 0 Å². The molecule has 1 aliphatic rings. The summed E-state index contributed by atoms with van der Waals surface area (Å²) in [4.78, 5) is 25.0. The summed E-state index contributed by atoms with van der Waals surface area (Å²) in [6.07, 6.45) is 0.760. The fraction of sp³-hybridized carbons (Fsp3) is 0.750. The van der Waals surface area contributed by atoms with E-state index in [0.717, 1.165) is 6.42 Å². The third-order valence-electron chi connectivity index (χ3n) is 3.76. The fourth-order valence-electron chi connectivity index (χ4n) is 2.03. The van der Waals surface area contributed by atoms with Gasteiger partial charge < -0.3 is 4.90 Å². The van der Waals surface area contributed by atoms with Crippen molar-refractivity contribution in [2.24, 2.45) is 11.3 Å². The third-order valence-corrected chi connectivity index (χ3v) is 3.76. The van der Waals surface area contributed by atoms with E-state index >= 15 is 0 Å². The molecule has 4 heteroatoms. The topological polar surface area (TPSA) is 61.2 Å². The second-order valence-electron chi connectivity index (χ2n) is 5.02. The first-order chi connectivity index (χ1) is 7.32. The molecule has 0 aromatic heterocycles. The maximum absolute atomic E-state index is 12.2. The van der Waals surface area contributed by atoms with Crippen LogP contribution in [0.1, 0.15) is 34.1 Å². The molecule has 1 heterocycles. The standard InChI is InChI=1S/C12H18N2O2/c1-8-5-6-14(9(2)15)10(7-13)11(16)12(8,3)4/h8,10H,5-6H2,1-4H3/t8-,10?/m1/s1. The highest BCUT2D eigenvalue weighted by molar-refractivity contribution is 5.95. The molecule has 0 spiro atoms. The van der Waals surface area contributed by atoms with E-state index in [1.165, 1.54) is 11.8 Å². The maximum atomic E-state index is 12.2. The van der Waals surface area contributed by atoms with Gasteiger partial charge in [0.05, 0.1) is 6.07 Å². The first kappa shape index (κ1) is 12.7. The van der Waals surface area contributed by atoms with Gasteiger partial charge in [-0.3, -0.25) is 9.59 Å². The molecule has 1 saturated heterocycles. The number of nitriles is 1. The van der Waals surface area contributed by atoms with Crippen LogP contribution >= 0.6 is 0 Å². The second-order valence-corrected chi connectivity index (χ2v) is 5.02. The molecule has 2 atom stereocenters. The number of amides is 1. The van der Waals surface area contributed by atoms with Crippen molar-refractivity contribution in [1.82, 2.24) is 4.90 Å². The lowest BCUT2D eigenvalue weighted by molar-refractivity contribution is -0.138. The van der Waals surface area contributed by atoms with Crippen LogP contribution in [0.4, 0.5) is 0 Å². The molecule has 0 bridgehead atoms. The molecule has 16 heavy (non-hydrogen) atoms. The highest BCUT2D eigenvalue weighted by atomic mass is 16.2. The minimum absolute atomic E-state index is 0.143. The zero-order valence-corrected chi connectivity index (χ0v) is 10.3. The molecule has 0 N–H and O–H groups in total. The Morgan fingerprint density at radius 1 is 1.56 bits per heavy atom. The van der Waals surface area contributed by atoms with E-state index in [2.05, 4.69) is 0 Å². The quantitative estimate of drug-likeness (QED) is 0.621. The SMILES string of the molecule is CC(=O)N1CC[C@@H](C)C(C)(C)C(=O)C1C#N. The van der Waals surface area contributed by atoms with Crippen molar-refractivity contribution in [3.63, 3.8) is 0 Å². The van der Waals surface area contributed by atoms with Crippen molar-refractivity contribution in [2.45, 2.75) is 40.2 Å². The Bertz CT molecular complexity index is 355.